The monoisotopic (exact) mass is 880 g/mol. The van der Waals surface area contributed by atoms with E-state index in [1.54, 1.807) is 0 Å². The van der Waals surface area contributed by atoms with E-state index in [0.717, 1.165) is 57.8 Å². The van der Waals surface area contributed by atoms with Crippen LogP contribution in [0.4, 0.5) is 0 Å². The van der Waals surface area contributed by atoms with Crippen LogP contribution in [0, 0.1) is 0 Å². The normalized spacial score (nSPS) is 21.7. The summed E-state index contributed by atoms with van der Waals surface area (Å²) in [6.45, 7) is 3.38. The molecular formula is C51H93NO10. The third kappa shape index (κ3) is 29.5. The standard InChI is InChI=1S/C51H93NO10/c1-3-5-7-9-11-13-15-17-19-20-21-22-23-24-25-27-28-30-32-34-36-38-43(54)46(56)42(41-61-51-49(59)48(58)47(57)45(40-53)62-51)52-50(60)44(55)39-37-35-33-31-29-26-18-16-14-12-10-8-6-4-2/h12,14,16,18,24-25,30,32,42-49,51,53-59H,3-11,13,15,17,19-23,26-29,31,33-41H2,1-2H3,(H,52,60)/b14-12-,18-16-,25-24+,32-30+. The summed E-state index contributed by atoms with van der Waals surface area (Å²) in [5.74, 6) is -0.724. The average Bonchev–Trinajstić information content (AvgIpc) is 3.27. The first-order valence-corrected chi connectivity index (χ1v) is 25.1. The van der Waals surface area contributed by atoms with Crippen molar-refractivity contribution in [1.29, 1.82) is 0 Å². The summed E-state index contributed by atoms with van der Waals surface area (Å²) < 4.78 is 11.1. The zero-order chi connectivity index (χ0) is 45.5. The first-order chi connectivity index (χ1) is 30.2. The summed E-state index contributed by atoms with van der Waals surface area (Å²) in [5, 5.41) is 75.7. The van der Waals surface area contributed by atoms with Crippen molar-refractivity contribution in [1.82, 2.24) is 5.32 Å². The molecule has 0 bridgehead atoms. The number of carbonyl (C=O) groups is 1. The number of carbonyl (C=O) groups excluding carboxylic acids is 1. The summed E-state index contributed by atoms with van der Waals surface area (Å²) in [5.41, 5.74) is 0. The minimum atomic E-state index is -1.67. The molecule has 1 amide bonds. The molecule has 1 rings (SSSR count). The minimum absolute atomic E-state index is 0.231. The van der Waals surface area contributed by atoms with E-state index in [1.165, 1.54) is 96.3 Å². The Labute approximate surface area is 377 Å². The lowest BCUT2D eigenvalue weighted by Crippen LogP contribution is -2.60. The lowest BCUT2D eigenvalue weighted by molar-refractivity contribution is -0.303. The number of ether oxygens (including phenoxy) is 2. The molecule has 0 aromatic heterocycles. The summed E-state index contributed by atoms with van der Waals surface area (Å²) in [6.07, 6.45) is 37.3. The number of allylic oxidation sites excluding steroid dienone is 8. The van der Waals surface area contributed by atoms with Gasteiger partial charge in [-0.25, -0.2) is 0 Å². The van der Waals surface area contributed by atoms with Crippen LogP contribution in [-0.4, -0.2) is 110 Å². The van der Waals surface area contributed by atoms with Crippen LogP contribution in [0.3, 0.4) is 0 Å². The molecule has 0 aromatic carbocycles. The van der Waals surface area contributed by atoms with Crippen LogP contribution < -0.4 is 5.32 Å². The molecule has 0 radical (unpaired) electrons. The predicted octanol–water partition coefficient (Wildman–Crippen LogP) is 8.95. The molecule has 8 N–H and O–H groups in total. The van der Waals surface area contributed by atoms with Crippen LogP contribution in [0.15, 0.2) is 48.6 Å². The number of nitrogens with one attached hydrogen (secondary N) is 1. The smallest absolute Gasteiger partial charge is 0.249 e. The highest BCUT2D eigenvalue weighted by Gasteiger charge is 2.44. The first kappa shape index (κ1) is 58.1. The highest BCUT2D eigenvalue weighted by molar-refractivity contribution is 5.80. The maximum Gasteiger partial charge on any atom is 0.249 e. The number of rotatable bonds is 41. The topological polar surface area (TPSA) is 189 Å². The number of aliphatic hydroxyl groups is 7. The fourth-order valence-corrected chi connectivity index (χ4v) is 7.68. The van der Waals surface area contributed by atoms with E-state index in [1.807, 2.05) is 0 Å². The fraction of sp³-hybridized carbons (Fsp3) is 0.824. The average molecular weight is 880 g/mol. The van der Waals surface area contributed by atoms with Gasteiger partial charge in [0, 0.05) is 0 Å². The molecule has 1 aliphatic heterocycles. The number of unbranched alkanes of at least 4 members (excludes halogenated alkanes) is 22. The Hall–Kier alpha value is -1.93. The van der Waals surface area contributed by atoms with Gasteiger partial charge in [-0.3, -0.25) is 4.79 Å². The highest BCUT2D eigenvalue weighted by Crippen LogP contribution is 2.23. The van der Waals surface area contributed by atoms with Gasteiger partial charge < -0.3 is 50.5 Å². The van der Waals surface area contributed by atoms with Gasteiger partial charge in [0.2, 0.25) is 5.91 Å². The van der Waals surface area contributed by atoms with Gasteiger partial charge in [0.05, 0.1) is 25.4 Å². The highest BCUT2D eigenvalue weighted by atomic mass is 16.7. The van der Waals surface area contributed by atoms with E-state index < -0.39 is 74.2 Å². The summed E-state index contributed by atoms with van der Waals surface area (Å²) >= 11 is 0. The molecule has 11 heteroatoms. The van der Waals surface area contributed by atoms with Gasteiger partial charge in [0.15, 0.2) is 6.29 Å². The van der Waals surface area contributed by atoms with E-state index in [9.17, 15) is 40.5 Å². The molecule has 11 nitrogen and oxygen atoms in total. The molecule has 62 heavy (non-hydrogen) atoms. The van der Waals surface area contributed by atoms with Gasteiger partial charge in [0.25, 0.3) is 0 Å². The molecule has 1 saturated heterocycles. The Morgan fingerprint density at radius 1 is 0.565 bits per heavy atom. The van der Waals surface area contributed by atoms with Crippen LogP contribution in [0.2, 0.25) is 0 Å². The van der Waals surface area contributed by atoms with Crippen molar-refractivity contribution in [2.75, 3.05) is 13.2 Å². The molecule has 362 valence electrons. The lowest BCUT2D eigenvalue weighted by atomic mass is 9.98. The molecular weight excluding hydrogens is 787 g/mol. The largest absolute Gasteiger partial charge is 0.394 e. The van der Waals surface area contributed by atoms with Crippen molar-refractivity contribution in [3.8, 4) is 0 Å². The molecule has 9 unspecified atom stereocenters. The van der Waals surface area contributed by atoms with Gasteiger partial charge in [-0.15, -0.1) is 0 Å². The van der Waals surface area contributed by atoms with Gasteiger partial charge in [0.1, 0.15) is 36.6 Å². The molecule has 1 heterocycles. The summed E-state index contributed by atoms with van der Waals surface area (Å²) in [7, 11) is 0. The quantitative estimate of drug-likeness (QED) is 0.0167. The zero-order valence-corrected chi connectivity index (χ0v) is 39.1. The van der Waals surface area contributed by atoms with Crippen molar-refractivity contribution >= 4 is 5.91 Å². The van der Waals surface area contributed by atoms with Crippen molar-refractivity contribution in [3.63, 3.8) is 0 Å². The van der Waals surface area contributed by atoms with Crippen molar-refractivity contribution < 1.29 is 50.0 Å². The second-order valence-corrected chi connectivity index (χ2v) is 17.5. The van der Waals surface area contributed by atoms with Crippen molar-refractivity contribution in [2.24, 2.45) is 0 Å². The maximum atomic E-state index is 13.1. The van der Waals surface area contributed by atoms with Gasteiger partial charge >= 0.3 is 0 Å². The predicted molar refractivity (Wildman–Crippen MR) is 251 cm³/mol. The SMILES string of the molecule is CCCCC/C=C\C=C/CCCCCCCC(O)C(=O)NC(COC1OC(CO)C(O)C(O)C1O)C(O)C(O)CCC/C=C/CC/C=C/CCCCCCCCCCCCCC. The zero-order valence-electron chi connectivity index (χ0n) is 39.1. The van der Waals surface area contributed by atoms with Crippen molar-refractivity contribution in [3.05, 3.63) is 48.6 Å². The third-order valence-corrected chi connectivity index (χ3v) is 11.9. The Bertz CT molecular complexity index is 1150. The van der Waals surface area contributed by atoms with E-state index in [0.29, 0.717) is 19.3 Å². The van der Waals surface area contributed by atoms with Crippen LogP contribution in [-0.2, 0) is 14.3 Å². The van der Waals surface area contributed by atoms with Crippen LogP contribution in [0.5, 0.6) is 0 Å². The van der Waals surface area contributed by atoms with Crippen LogP contribution in [0.1, 0.15) is 200 Å². The Kier molecular flexibility index (Phi) is 38.0. The first-order valence-electron chi connectivity index (χ1n) is 25.1. The Morgan fingerprint density at radius 3 is 1.56 bits per heavy atom. The van der Waals surface area contributed by atoms with Crippen LogP contribution in [0.25, 0.3) is 0 Å². The van der Waals surface area contributed by atoms with Gasteiger partial charge in [-0.2, -0.15) is 0 Å². The number of amides is 1. The van der Waals surface area contributed by atoms with Gasteiger partial charge in [-0.1, -0.05) is 172 Å². The number of hydrogen-bond donors (Lipinski definition) is 8. The molecule has 0 aliphatic carbocycles. The Morgan fingerprint density at radius 2 is 1.02 bits per heavy atom. The molecule has 1 aliphatic rings. The second-order valence-electron chi connectivity index (χ2n) is 17.5. The van der Waals surface area contributed by atoms with Crippen LogP contribution >= 0.6 is 0 Å². The summed E-state index contributed by atoms with van der Waals surface area (Å²) in [4.78, 5) is 13.1. The molecule has 9 atom stereocenters. The van der Waals surface area contributed by atoms with E-state index in [2.05, 4.69) is 67.8 Å². The van der Waals surface area contributed by atoms with E-state index in [4.69, 9.17) is 9.47 Å². The lowest BCUT2D eigenvalue weighted by Gasteiger charge is -2.40. The third-order valence-electron chi connectivity index (χ3n) is 11.9. The summed E-state index contributed by atoms with van der Waals surface area (Å²) in [6, 6.07) is -1.20. The van der Waals surface area contributed by atoms with E-state index >= 15 is 0 Å². The molecule has 1 fully saturated rings. The maximum absolute atomic E-state index is 13.1. The van der Waals surface area contributed by atoms with E-state index in [-0.39, 0.29) is 12.8 Å². The second kappa shape index (κ2) is 40.6. The number of aliphatic hydroxyl groups excluding tert-OH is 7. The number of hydrogen-bond acceptors (Lipinski definition) is 10. The van der Waals surface area contributed by atoms with Gasteiger partial charge in [-0.05, 0) is 77.0 Å². The molecule has 0 aromatic rings. The fourth-order valence-electron chi connectivity index (χ4n) is 7.68. The molecule has 0 saturated carbocycles. The Balaban J connectivity index is 2.45. The minimum Gasteiger partial charge on any atom is -0.394 e. The molecule has 0 spiro atoms. The van der Waals surface area contributed by atoms with Crippen molar-refractivity contribution in [2.45, 2.75) is 255 Å².